The van der Waals surface area contributed by atoms with Gasteiger partial charge >= 0.3 is 0 Å². The number of hydrogen-bond acceptors (Lipinski definition) is 5. The molecule has 0 aliphatic carbocycles. The molecule has 0 bridgehead atoms. The van der Waals surface area contributed by atoms with E-state index in [1.165, 1.54) is 0 Å². The lowest BCUT2D eigenvalue weighted by Crippen LogP contribution is -2.35. The van der Waals surface area contributed by atoms with Crippen LogP contribution in [0.15, 0.2) is 42.7 Å². The molecular weight excluding hydrogens is 278 g/mol. The normalized spacial score (nSPS) is 21.1. The van der Waals surface area contributed by atoms with Gasteiger partial charge in [0, 0.05) is 25.5 Å². The van der Waals surface area contributed by atoms with Crippen LogP contribution in [0.4, 0.5) is 5.82 Å². The molecule has 116 valence electrons. The first-order valence-corrected chi connectivity index (χ1v) is 7.52. The first-order valence-electron chi connectivity index (χ1n) is 7.52. The minimum atomic E-state index is 0.213. The van der Waals surface area contributed by atoms with Crippen molar-refractivity contribution in [3.05, 3.63) is 48.4 Å². The van der Waals surface area contributed by atoms with Crippen LogP contribution >= 0.6 is 0 Å². The van der Waals surface area contributed by atoms with Crippen LogP contribution in [0.1, 0.15) is 12.1 Å². The molecule has 2 aromatic heterocycles. The average molecular weight is 299 g/mol. The number of aryl methyl sites for hydroxylation is 1. The van der Waals surface area contributed by atoms with E-state index in [2.05, 4.69) is 14.9 Å². The van der Waals surface area contributed by atoms with Crippen LogP contribution < -0.4 is 9.64 Å². The standard InChI is InChI=1S/C17H21N3O2/c1-13-5-3-7-17(19-13)20-11-16(21-2)9-14(20)12-22-15-6-4-8-18-10-15/h3-8,10,14,16H,9,11-12H2,1-2H3/t14-,16+/m0/s1. The quantitative estimate of drug-likeness (QED) is 0.849. The molecule has 2 atom stereocenters. The predicted molar refractivity (Wildman–Crippen MR) is 85.3 cm³/mol. The zero-order valence-electron chi connectivity index (χ0n) is 13.0. The summed E-state index contributed by atoms with van der Waals surface area (Å²) in [4.78, 5) is 11.0. The van der Waals surface area contributed by atoms with Crippen LogP contribution in [0.2, 0.25) is 0 Å². The Hall–Kier alpha value is -2.14. The highest BCUT2D eigenvalue weighted by Gasteiger charge is 2.33. The van der Waals surface area contributed by atoms with Gasteiger partial charge < -0.3 is 14.4 Å². The fourth-order valence-corrected chi connectivity index (χ4v) is 2.80. The van der Waals surface area contributed by atoms with Gasteiger partial charge in [-0.1, -0.05) is 6.07 Å². The molecular formula is C17H21N3O2. The molecule has 3 rings (SSSR count). The SMILES string of the molecule is CO[C@@H]1C[C@@H](COc2cccnc2)N(c2cccc(C)n2)C1. The van der Waals surface area contributed by atoms with Crippen molar-refractivity contribution in [3.63, 3.8) is 0 Å². The summed E-state index contributed by atoms with van der Waals surface area (Å²) >= 11 is 0. The van der Waals surface area contributed by atoms with Crippen molar-refractivity contribution in [1.29, 1.82) is 0 Å². The molecule has 3 heterocycles. The van der Waals surface area contributed by atoms with Gasteiger partial charge in [0.15, 0.2) is 0 Å². The molecule has 2 aromatic rings. The molecule has 1 aliphatic rings. The summed E-state index contributed by atoms with van der Waals surface area (Å²) in [7, 11) is 1.76. The Morgan fingerprint density at radius 3 is 2.91 bits per heavy atom. The van der Waals surface area contributed by atoms with E-state index in [-0.39, 0.29) is 12.1 Å². The van der Waals surface area contributed by atoms with Crippen molar-refractivity contribution >= 4 is 5.82 Å². The summed E-state index contributed by atoms with van der Waals surface area (Å²) in [6, 6.07) is 10.1. The lowest BCUT2D eigenvalue weighted by Gasteiger charge is -2.25. The van der Waals surface area contributed by atoms with Crippen molar-refractivity contribution in [2.75, 3.05) is 25.2 Å². The Labute approximate surface area is 130 Å². The molecule has 0 spiro atoms. The minimum absolute atomic E-state index is 0.213. The smallest absolute Gasteiger partial charge is 0.137 e. The number of anilines is 1. The molecule has 0 radical (unpaired) electrons. The van der Waals surface area contributed by atoms with Gasteiger partial charge in [0.05, 0.1) is 18.3 Å². The fourth-order valence-electron chi connectivity index (χ4n) is 2.80. The second-order valence-electron chi connectivity index (χ2n) is 5.54. The van der Waals surface area contributed by atoms with Gasteiger partial charge in [-0.05, 0) is 37.6 Å². The van der Waals surface area contributed by atoms with E-state index in [0.29, 0.717) is 6.61 Å². The van der Waals surface area contributed by atoms with Gasteiger partial charge in [-0.2, -0.15) is 0 Å². The van der Waals surface area contributed by atoms with Crippen LogP contribution in [0, 0.1) is 6.92 Å². The monoisotopic (exact) mass is 299 g/mol. The first kappa shape index (κ1) is 14.8. The van der Waals surface area contributed by atoms with E-state index in [9.17, 15) is 0 Å². The van der Waals surface area contributed by atoms with Crippen molar-refractivity contribution in [2.24, 2.45) is 0 Å². The highest BCUT2D eigenvalue weighted by molar-refractivity contribution is 5.42. The van der Waals surface area contributed by atoms with Crippen molar-refractivity contribution in [1.82, 2.24) is 9.97 Å². The molecule has 0 saturated carbocycles. The maximum atomic E-state index is 5.88. The molecule has 0 N–H and O–H groups in total. The predicted octanol–water partition coefficient (Wildman–Crippen LogP) is 2.46. The van der Waals surface area contributed by atoms with Gasteiger partial charge in [-0.25, -0.2) is 4.98 Å². The van der Waals surface area contributed by atoms with E-state index in [1.807, 2.05) is 37.3 Å². The van der Waals surface area contributed by atoms with Crippen LogP contribution in [0.25, 0.3) is 0 Å². The lowest BCUT2D eigenvalue weighted by atomic mass is 10.2. The summed E-state index contributed by atoms with van der Waals surface area (Å²) in [6.07, 6.45) is 4.63. The van der Waals surface area contributed by atoms with E-state index < -0.39 is 0 Å². The van der Waals surface area contributed by atoms with Crippen LogP contribution in [-0.4, -0.2) is 42.4 Å². The Kier molecular flexibility index (Phi) is 4.53. The third kappa shape index (κ3) is 3.36. The van der Waals surface area contributed by atoms with Crippen LogP contribution in [0.5, 0.6) is 5.75 Å². The second kappa shape index (κ2) is 6.75. The van der Waals surface area contributed by atoms with Crippen LogP contribution in [0.3, 0.4) is 0 Å². The minimum Gasteiger partial charge on any atom is -0.490 e. The number of pyridine rings is 2. The van der Waals surface area contributed by atoms with Crippen molar-refractivity contribution < 1.29 is 9.47 Å². The molecule has 1 saturated heterocycles. The van der Waals surface area contributed by atoms with Gasteiger partial charge in [-0.15, -0.1) is 0 Å². The van der Waals surface area contributed by atoms with E-state index >= 15 is 0 Å². The number of nitrogens with zero attached hydrogens (tertiary/aromatic N) is 3. The third-order valence-corrected chi connectivity index (χ3v) is 3.95. The Balaban J connectivity index is 1.72. The first-order chi connectivity index (χ1) is 10.8. The highest BCUT2D eigenvalue weighted by Crippen LogP contribution is 2.26. The summed E-state index contributed by atoms with van der Waals surface area (Å²) in [5, 5.41) is 0. The van der Waals surface area contributed by atoms with Crippen LogP contribution in [-0.2, 0) is 4.74 Å². The molecule has 0 aromatic carbocycles. The van der Waals surface area contributed by atoms with Crippen molar-refractivity contribution in [3.8, 4) is 5.75 Å². The summed E-state index contributed by atoms with van der Waals surface area (Å²) < 4.78 is 11.4. The Morgan fingerprint density at radius 2 is 2.18 bits per heavy atom. The molecule has 1 aliphatic heterocycles. The van der Waals surface area contributed by atoms with Gasteiger partial charge in [0.1, 0.15) is 18.2 Å². The fraction of sp³-hybridized carbons (Fsp3) is 0.412. The van der Waals surface area contributed by atoms with E-state index in [0.717, 1.165) is 30.2 Å². The highest BCUT2D eigenvalue weighted by atomic mass is 16.5. The van der Waals surface area contributed by atoms with Gasteiger partial charge in [-0.3, -0.25) is 4.98 Å². The second-order valence-corrected chi connectivity index (χ2v) is 5.54. The zero-order valence-corrected chi connectivity index (χ0v) is 13.0. The maximum Gasteiger partial charge on any atom is 0.137 e. The zero-order chi connectivity index (χ0) is 15.4. The number of ether oxygens (including phenoxy) is 2. The molecule has 0 unspecified atom stereocenters. The number of hydrogen-bond donors (Lipinski definition) is 0. The third-order valence-electron chi connectivity index (χ3n) is 3.95. The van der Waals surface area contributed by atoms with E-state index in [1.54, 1.807) is 19.5 Å². The molecule has 5 heteroatoms. The van der Waals surface area contributed by atoms with Gasteiger partial charge in [0.25, 0.3) is 0 Å². The van der Waals surface area contributed by atoms with Crippen molar-refractivity contribution in [2.45, 2.75) is 25.5 Å². The molecule has 0 amide bonds. The summed E-state index contributed by atoms with van der Waals surface area (Å²) in [5.41, 5.74) is 1.02. The summed E-state index contributed by atoms with van der Waals surface area (Å²) in [5.74, 6) is 1.78. The Bertz CT molecular complexity index is 606. The molecule has 22 heavy (non-hydrogen) atoms. The largest absolute Gasteiger partial charge is 0.490 e. The maximum absolute atomic E-state index is 5.88. The topological polar surface area (TPSA) is 47.5 Å². The average Bonchev–Trinajstić information content (AvgIpc) is 2.97. The molecule has 5 nitrogen and oxygen atoms in total. The number of aromatic nitrogens is 2. The Morgan fingerprint density at radius 1 is 1.27 bits per heavy atom. The van der Waals surface area contributed by atoms with Gasteiger partial charge in [0.2, 0.25) is 0 Å². The molecule has 1 fully saturated rings. The summed E-state index contributed by atoms with van der Waals surface area (Å²) in [6.45, 7) is 3.45. The number of rotatable bonds is 5. The number of methoxy groups -OCH3 is 1. The lowest BCUT2D eigenvalue weighted by molar-refractivity contribution is 0.115. The van der Waals surface area contributed by atoms with E-state index in [4.69, 9.17) is 9.47 Å².